The third-order valence-electron chi connectivity index (χ3n) is 8.74. The van der Waals surface area contributed by atoms with E-state index in [1.165, 1.54) is 63.6 Å². The fraction of sp³-hybridized carbons (Fsp3) is 0. The van der Waals surface area contributed by atoms with Crippen LogP contribution in [0, 0.1) is 0 Å². The van der Waals surface area contributed by atoms with Crippen molar-refractivity contribution in [3.8, 4) is 11.1 Å². The molecule has 0 aliphatic heterocycles. The van der Waals surface area contributed by atoms with Crippen LogP contribution in [0.2, 0.25) is 0 Å². The zero-order valence-electron chi connectivity index (χ0n) is 23.8. The van der Waals surface area contributed by atoms with Crippen molar-refractivity contribution in [1.82, 2.24) is 4.98 Å². The first-order valence-corrected chi connectivity index (χ1v) is 15.7. The van der Waals surface area contributed by atoms with Crippen LogP contribution in [0.15, 0.2) is 158 Å². The van der Waals surface area contributed by atoms with E-state index in [0.29, 0.717) is 0 Å². The number of rotatable bonds is 4. The SMILES string of the molecule is c1ccc(N(c2ccc(-c3cccc4c3sc3cnccc34)cc2)c2ccc3c(ccc4c5ccccc5ccc34)c2)cc1. The maximum absolute atomic E-state index is 4.35. The minimum atomic E-state index is 1.12. The van der Waals surface area contributed by atoms with Gasteiger partial charge in [-0.15, -0.1) is 11.3 Å². The quantitative estimate of drug-likeness (QED) is 0.193. The first kappa shape index (κ1) is 25.0. The third-order valence-corrected chi connectivity index (χ3v) is 9.93. The second kappa shape index (κ2) is 10.0. The van der Waals surface area contributed by atoms with E-state index < -0.39 is 0 Å². The molecule has 9 rings (SSSR count). The van der Waals surface area contributed by atoms with Gasteiger partial charge in [-0.05, 0) is 85.9 Å². The molecule has 0 bridgehead atoms. The van der Waals surface area contributed by atoms with Crippen LogP contribution in [0.4, 0.5) is 17.1 Å². The van der Waals surface area contributed by atoms with Crippen LogP contribution in [0.25, 0.3) is 63.6 Å². The van der Waals surface area contributed by atoms with Crippen molar-refractivity contribution in [2.75, 3.05) is 4.90 Å². The zero-order chi connectivity index (χ0) is 29.0. The molecule has 0 saturated carbocycles. The highest BCUT2D eigenvalue weighted by Crippen LogP contribution is 2.42. The summed E-state index contributed by atoms with van der Waals surface area (Å²) in [7, 11) is 0. The summed E-state index contributed by atoms with van der Waals surface area (Å²) in [6.07, 6.45) is 3.85. The van der Waals surface area contributed by atoms with Crippen LogP contribution in [-0.4, -0.2) is 4.98 Å². The molecule has 0 amide bonds. The van der Waals surface area contributed by atoms with Crippen LogP contribution >= 0.6 is 11.3 Å². The van der Waals surface area contributed by atoms with Crippen molar-refractivity contribution in [2.24, 2.45) is 0 Å². The second-order valence-corrected chi connectivity index (χ2v) is 12.3. The van der Waals surface area contributed by atoms with Gasteiger partial charge in [-0.1, -0.05) is 103 Å². The summed E-state index contributed by atoms with van der Waals surface area (Å²) in [6.45, 7) is 0. The lowest BCUT2D eigenvalue weighted by atomic mass is 9.96. The van der Waals surface area contributed by atoms with Crippen LogP contribution in [0.3, 0.4) is 0 Å². The Hall–Kier alpha value is -5.51. The Morgan fingerprint density at radius 1 is 0.455 bits per heavy atom. The predicted octanol–water partition coefficient (Wildman–Crippen LogP) is 12.0. The van der Waals surface area contributed by atoms with Crippen LogP contribution in [0.5, 0.6) is 0 Å². The molecule has 2 aromatic heterocycles. The molecule has 0 radical (unpaired) electrons. The first-order chi connectivity index (χ1) is 21.8. The summed E-state index contributed by atoms with van der Waals surface area (Å²) in [5, 5.41) is 10.2. The van der Waals surface area contributed by atoms with Gasteiger partial charge in [0.15, 0.2) is 0 Å². The van der Waals surface area contributed by atoms with E-state index >= 15 is 0 Å². The van der Waals surface area contributed by atoms with E-state index in [2.05, 4.69) is 155 Å². The molecule has 44 heavy (non-hydrogen) atoms. The maximum atomic E-state index is 4.35. The summed E-state index contributed by atoms with van der Waals surface area (Å²) in [5.74, 6) is 0. The molecule has 0 unspecified atom stereocenters. The molecule has 0 N–H and O–H groups in total. The summed E-state index contributed by atoms with van der Waals surface area (Å²) in [5.41, 5.74) is 5.86. The van der Waals surface area contributed by atoms with Crippen molar-refractivity contribution >= 4 is 80.9 Å². The number of nitrogens with zero attached hydrogens (tertiary/aromatic N) is 2. The van der Waals surface area contributed by atoms with Crippen molar-refractivity contribution in [3.63, 3.8) is 0 Å². The summed E-state index contributed by atoms with van der Waals surface area (Å²) in [4.78, 5) is 6.70. The number of pyridine rings is 1. The van der Waals surface area contributed by atoms with Crippen molar-refractivity contribution in [1.29, 1.82) is 0 Å². The summed E-state index contributed by atoms with van der Waals surface area (Å²) < 4.78 is 2.52. The number of benzene rings is 7. The zero-order valence-corrected chi connectivity index (χ0v) is 24.6. The van der Waals surface area contributed by atoms with Gasteiger partial charge in [-0.3, -0.25) is 4.98 Å². The lowest BCUT2D eigenvalue weighted by molar-refractivity contribution is 1.29. The normalized spacial score (nSPS) is 11.6. The van der Waals surface area contributed by atoms with Gasteiger partial charge in [0.05, 0.1) is 4.70 Å². The Balaban J connectivity index is 1.16. The first-order valence-electron chi connectivity index (χ1n) is 14.9. The molecule has 7 aromatic carbocycles. The van der Waals surface area contributed by atoms with E-state index in [-0.39, 0.29) is 0 Å². The fourth-order valence-electron chi connectivity index (χ4n) is 6.65. The Morgan fingerprint density at radius 3 is 2.00 bits per heavy atom. The molecule has 3 heteroatoms. The second-order valence-electron chi connectivity index (χ2n) is 11.2. The Kier molecular flexibility index (Phi) is 5.71. The topological polar surface area (TPSA) is 16.1 Å². The van der Waals surface area contributed by atoms with Crippen molar-refractivity contribution < 1.29 is 0 Å². The molecular weight excluding hydrogens is 553 g/mol. The van der Waals surface area contributed by atoms with E-state index in [1.807, 2.05) is 23.7 Å². The average Bonchev–Trinajstić information content (AvgIpc) is 3.48. The van der Waals surface area contributed by atoms with Gasteiger partial charge >= 0.3 is 0 Å². The van der Waals surface area contributed by atoms with Crippen LogP contribution in [-0.2, 0) is 0 Å². The van der Waals surface area contributed by atoms with Gasteiger partial charge in [0.2, 0.25) is 0 Å². The van der Waals surface area contributed by atoms with Crippen molar-refractivity contribution in [3.05, 3.63) is 158 Å². The van der Waals surface area contributed by atoms with Gasteiger partial charge in [-0.25, -0.2) is 0 Å². The van der Waals surface area contributed by atoms with Gasteiger partial charge in [-0.2, -0.15) is 0 Å². The number of para-hydroxylation sites is 1. The fourth-order valence-corrected chi connectivity index (χ4v) is 7.86. The number of hydrogen-bond donors (Lipinski definition) is 0. The van der Waals surface area contributed by atoms with E-state index in [4.69, 9.17) is 0 Å². The van der Waals surface area contributed by atoms with Crippen LogP contribution < -0.4 is 4.90 Å². The highest BCUT2D eigenvalue weighted by molar-refractivity contribution is 7.26. The highest BCUT2D eigenvalue weighted by Gasteiger charge is 2.15. The number of thiophene rings is 1. The van der Waals surface area contributed by atoms with E-state index in [0.717, 1.165) is 17.1 Å². The average molecular weight is 579 g/mol. The van der Waals surface area contributed by atoms with E-state index in [1.54, 1.807) is 0 Å². The van der Waals surface area contributed by atoms with Gasteiger partial charge in [0.25, 0.3) is 0 Å². The summed E-state index contributed by atoms with van der Waals surface area (Å²) in [6, 6.07) is 52.9. The molecule has 0 spiro atoms. The minimum Gasteiger partial charge on any atom is -0.310 e. The lowest BCUT2D eigenvalue weighted by Crippen LogP contribution is -2.09. The standard InChI is InChI=1S/C41H26N2S/c1-2-8-30(9-3-1)43(32-19-22-34-29(25-32)16-21-36-33-10-5-4-7-27(33)15-20-37(34)36)31-17-13-28(14-18-31)35-11-6-12-39-38-23-24-42-26-40(38)44-41(35)39/h1-26H. The number of fused-ring (bicyclic) bond motifs is 8. The molecule has 0 aliphatic carbocycles. The van der Waals surface area contributed by atoms with Gasteiger partial charge in [0.1, 0.15) is 0 Å². The van der Waals surface area contributed by atoms with Crippen molar-refractivity contribution in [2.45, 2.75) is 0 Å². The number of anilines is 3. The molecule has 2 nitrogen and oxygen atoms in total. The third kappa shape index (κ3) is 3.98. The van der Waals surface area contributed by atoms with Gasteiger partial charge in [0, 0.05) is 44.9 Å². The van der Waals surface area contributed by atoms with Gasteiger partial charge < -0.3 is 4.90 Å². The summed E-state index contributed by atoms with van der Waals surface area (Å²) >= 11 is 1.82. The molecule has 0 aliphatic rings. The lowest BCUT2D eigenvalue weighted by Gasteiger charge is -2.26. The molecule has 2 heterocycles. The molecule has 0 fully saturated rings. The van der Waals surface area contributed by atoms with E-state index in [9.17, 15) is 0 Å². The molecule has 206 valence electrons. The smallest absolute Gasteiger partial charge is 0.0538 e. The molecule has 9 aromatic rings. The predicted molar refractivity (Wildman–Crippen MR) is 190 cm³/mol. The Labute approximate surface area is 259 Å². The molecular formula is C41H26N2S. The van der Waals surface area contributed by atoms with Crippen LogP contribution in [0.1, 0.15) is 0 Å². The molecule has 0 saturated heterocycles. The largest absolute Gasteiger partial charge is 0.310 e. The Morgan fingerprint density at radius 2 is 1.14 bits per heavy atom. The number of hydrogen-bond acceptors (Lipinski definition) is 3. The molecule has 0 atom stereocenters. The highest BCUT2D eigenvalue weighted by atomic mass is 32.1. The monoisotopic (exact) mass is 578 g/mol. The minimum absolute atomic E-state index is 1.12. The maximum Gasteiger partial charge on any atom is 0.0538 e. The number of aromatic nitrogens is 1. The Bertz CT molecular complexity index is 2490.